The van der Waals surface area contributed by atoms with Crippen molar-refractivity contribution < 1.29 is 4.79 Å². The summed E-state index contributed by atoms with van der Waals surface area (Å²) in [7, 11) is 1.88. The number of hydrogen-bond donors (Lipinski definition) is 0. The molecule has 0 saturated carbocycles. The van der Waals surface area contributed by atoms with Crippen molar-refractivity contribution in [2.24, 2.45) is 7.05 Å². The molecule has 5 nitrogen and oxygen atoms in total. The molecule has 134 valence electrons. The van der Waals surface area contributed by atoms with Crippen LogP contribution in [0.25, 0.3) is 0 Å². The monoisotopic (exact) mass is 366 g/mol. The Morgan fingerprint density at radius 3 is 2.38 bits per heavy atom. The molecular formula is C20H22N4OS. The summed E-state index contributed by atoms with van der Waals surface area (Å²) in [6.07, 6.45) is 2.45. The maximum atomic E-state index is 13.2. The Hall–Kier alpha value is -2.60. The Morgan fingerprint density at radius 1 is 1.12 bits per heavy atom. The summed E-state index contributed by atoms with van der Waals surface area (Å²) < 4.78 is 1.82. The molecule has 1 atom stereocenters. The Labute approximate surface area is 158 Å². The predicted octanol–water partition coefficient (Wildman–Crippen LogP) is 3.57. The average Bonchev–Trinajstić information content (AvgIpc) is 3.08. The third-order valence-electron chi connectivity index (χ3n) is 4.10. The van der Waals surface area contributed by atoms with Crippen molar-refractivity contribution in [1.29, 1.82) is 0 Å². The van der Waals surface area contributed by atoms with Crippen LogP contribution in [0.15, 0.2) is 72.1 Å². The number of anilines is 1. The highest BCUT2D eigenvalue weighted by molar-refractivity contribution is 8.00. The van der Waals surface area contributed by atoms with E-state index in [2.05, 4.69) is 22.3 Å². The standard InChI is InChI=1S/C20H22N4OS/c1-16(26-20-22-21-15-23(20)2)19(25)24(18-11-7-4-8-12-18)14-13-17-9-5-3-6-10-17/h3-12,15-16H,13-14H2,1-2H3. The van der Waals surface area contributed by atoms with Gasteiger partial charge in [-0.1, -0.05) is 60.3 Å². The molecule has 0 aliphatic heterocycles. The molecule has 0 bridgehead atoms. The second-order valence-corrected chi connectivity index (χ2v) is 7.35. The number of para-hydroxylation sites is 1. The molecule has 0 radical (unpaired) electrons. The normalized spacial score (nSPS) is 11.9. The fraction of sp³-hybridized carbons (Fsp3) is 0.250. The van der Waals surface area contributed by atoms with Gasteiger partial charge >= 0.3 is 0 Å². The van der Waals surface area contributed by atoms with Crippen LogP contribution in [0.5, 0.6) is 0 Å². The third kappa shape index (κ3) is 4.52. The van der Waals surface area contributed by atoms with Crippen molar-refractivity contribution in [2.75, 3.05) is 11.4 Å². The summed E-state index contributed by atoms with van der Waals surface area (Å²) in [5.41, 5.74) is 2.13. The molecule has 1 aromatic heterocycles. The van der Waals surface area contributed by atoms with Gasteiger partial charge in [0, 0.05) is 19.3 Å². The number of carbonyl (C=O) groups excluding carboxylic acids is 1. The maximum absolute atomic E-state index is 13.2. The molecule has 0 fully saturated rings. The van der Waals surface area contributed by atoms with Crippen LogP contribution in [0, 0.1) is 0 Å². The van der Waals surface area contributed by atoms with E-state index < -0.39 is 0 Å². The van der Waals surface area contributed by atoms with Crippen LogP contribution in [0.3, 0.4) is 0 Å². The highest BCUT2D eigenvalue weighted by Crippen LogP contribution is 2.24. The van der Waals surface area contributed by atoms with Gasteiger partial charge in [0.2, 0.25) is 5.91 Å². The summed E-state index contributed by atoms with van der Waals surface area (Å²) in [5.74, 6) is 0.0696. The van der Waals surface area contributed by atoms with Gasteiger partial charge in [0.25, 0.3) is 0 Å². The molecule has 1 unspecified atom stereocenters. The summed E-state index contributed by atoms with van der Waals surface area (Å²) in [6.45, 7) is 2.55. The predicted molar refractivity (Wildman–Crippen MR) is 105 cm³/mol. The summed E-state index contributed by atoms with van der Waals surface area (Å²) >= 11 is 1.43. The zero-order chi connectivity index (χ0) is 18.4. The molecule has 6 heteroatoms. The first-order valence-electron chi connectivity index (χ1n) is 8.56. The number of aryl methyl sites for hydroxylation is 1. The molecule has 0 aliphatic rings. The van der Waals surface area contributed by atoms with Crippen LogP contribution < -0.4 is 4.90 Å². The lowest BCUT2D eigenvalue weighted by Crippen LogP contribution is -2.38. The number of carbonyl (C=O) groups is 1. The summed E-state index contributed by atoms with van der Waals surface area (Å²) in [5, 5.41) is 8.43. The Kier molecular flexibility index (Phi) is 6.07. The first-order chi connectivity index (χ1) is 12.6. The quantitative estimate of drug-likeness (QED) is 0.600. The fourth-order valence-electron chi connectivity index (χ4n) is 2.67. The van der Waals surface area contributed by atoms with Crippen LogP contribution in [-0.4, -0.2) is 32.5 Å². The highest BCUT2D eigenvalue weighted by Gasteiger charge is 2.24. The van der Waals surface area contributed by atoms with Crippen molar-refractivity contribution in [3.63, 3.8) is 0 Å². The minimum Gasteiger partial charge on any atom is -0.312 e. The number of nitrogens with zero attached hydrogens (tertiary/aromatic N) is 4. The number of hydrogen-bond acceptors (Lipinski definition) is 4. The summed E-state index contributed by atoms with van der Waals surface area (Å²) in [6, 6.07) is 20.1. The second-order valence-electron chi connectivity index (χ2n) is 6.05. The minimum absolute atomic E-state index is 0.0696. The zero-order valence-electron chi connectivity index (χ0n) is 14.9. The highest BCUT2D eigenvalue weighted by atomic mass is 32.2. The molecule has 2 aromatic carbocycles. The topological polar surface area (TPSA) is 51.0 Å². The average molecular weight is 366 g/mol. The number of thioether (sulfide) groups is 1. The summed E-state index contributed by atoms with van der Waals surface area (Å²) in [4.78, 5) is 15.0. The molecule has 0 saturated heterocycles. The van der Waals surface area contributed by atoms with Crippen molar-refractivity contribution >= 4 is 23.4 Å². The fourth-order valence-corrected chi connectivity index (χ4v) is 3.52. The van der Waals surface area contributed by atoms with Crippen molar-refractivity contribution in [3.8, 4) is 0 Å². The van der Waals surface area contributed by atoms with E-state index in [9.17, 15) is 4.79 Å². The Bertz CT molecular complexity index is 835. The van der Waals surface area contributed by atoms with E-state index in [1.165, 1.54) is 17.3 Å². The minimum atomic E-state index is -0.256. The first kappa shape index (κ1) is 18.2. The lowest BCUT2D eigenvalue weighted by atomic mass is 10.1. The van der Waals surface area contributed by atoms with E-state index >= 15 is 0 Å². The van der Waals surface area contributed by atoms with E-state index in [-0.39, 0.29) is 11.2 Å². The van der Waals surface area contributed by atoms with Crippen LogP contribution in [0.4, 0.5) is 5.69 Å². The number of amides is 1. The van der Waals surface area contributed by atoms with Crippen LogP contribution in [0.2, 0.25) is 0 Å². The molecule has 0 N–H and O–H groups in total. The molecule has 3 rings (SSSR count). The van der Waals surface area contributed by atoms with Gasteiger partial charge in [0.1, 0.15) is 6.33 Å². The molecule has 0 spiro atoms. The number of rotatable bonds is 7. The van der Waals surface area contributed by atoms with Gasteiger partial charge < -0.3 is 9.47 Å². The van der Waals surface area contributed by atoms with Gasteiger partial charge in [0.15, 0.2) is 5.16 Å². The van der Waals surface area contributed by atoms with E-state index in [4.69, 9.17) is 0 Å². The Balaban J connectivity index is 1.75. The van der Waals surface area contributed by atoms with Crippen molar-refractivity contribution in [3.05, 3.63) is 72.6 Å². The third-order valence-corrected chi connectivity index (χ3v) is 5.24. The SMILES string of the molecule is CC(Sc1nncn1C)C(=O)N(CCc1ccccc1)c1ccccc1. The molecule has 0 aliphatic carbocycles. The molecule has 1 amide bonds. The molecule has 3 aromatic rings. The van der Waals surface area contributed by atoms with Gasteiger partial charge in [-0.25, -0.2) is 0 Å². The lowest BCUT2D eigenvalue weighted by Gasteiger charge is -2.25. The van der Waals surface area contributed by atoms with Crippen LogP contribution in [-0.2, 0) is 18.3 Å². The first-order valence-corrected chi connectivity index (χ1v) is 9.44. The van der Waals surface area contributed by atoms with Gasteiger partial charge in [0.05, 0.1) is 5.25 Å². The smallest absolute Gasteiger partial charge is 0.240 e. The number of benzene rings is 2. The van der Waals surface area contributed by atoms with E-state index in [1.54, 1.807) is 6.33 Å². The van der Waals surface area contributed by atoms with E-state index in [1.807, 2.05) is 72.0 Å². The maximum Gasteiger partial charge on any atom is 0.240 e. The van der Waals surface area contributed by atoms with Crippen molar-refractivity contribution in [1.82, 2.24) is 14.8 Å². The molecule has 1 heterocycles. The van der Waals surface area contributed by atoms with Gasteiger partial charge in [-0.3, -0.25) is 4.79 Å². The molecule has 26 heavy (non-hydrogen) atoms. The number of aromatic nitrogens is 3. The lowest BCUT2D eigenvalue weighted by molar-refractivity contribution is -0.117. The van der Waals surface area contributed by atoms with Gasteiger partial charge in [-0.15, -0.1) is 10.2 Å². The zero-order valence-corrected chi connectivity index (χ0v) is 15.8. The van der Waals surface area contributed by atoms with E-state index in [0.717, 1.165) is 17.3 Å². The molecular weight excluding hydrogens is 344 g/mol. The van der Waals surface area contributed by atoms with Crippen molar-refractivity contribution in [2.45, 2.75) is 23.8 Å². The van der Waals surface area contributed by atoms with Crippen LogP contribution >= 0.6 is 11.8 Å². The van der Waals surface area contributed by atoms with Gasteiger partial charge in [-0.05, 0) is 31.0 Å². The van der Waals surface area contributed by atoms with Crippen LogP contribution in [0.1, 0.15) is 12.5 Å². The largest absolute Gasteiger partial charge is 0.312 e. The van der Waals surface area contributed by atoms with Gasteiger partial charge in [-0.2, -0.15) is 0 Å². The van der Waals surface area contributed by atoms with E-state index in [0.29, 0.717) is 6.54 Å². The Morgan fingerprint density at radius 2 is 1.77 bits per heavy atom. The second kappa shape index (κ2) is 8.67.